The molecule has 0 saturated carbocycles. The Hall–Kier alpha value is -0.290. The molecule has 0 aliphatic carbocycles. The predicted octanol–water partition coefficient (Wildman–Crippen LogP) is 2.92. The van der Waals surface area contributed by atoms with Crippen molar-refractivity contribution in [1.82, 2.24) is 9.80 Å². The first-order chi connectivity index (χ1) is 13.6. The van der Waals surface area contributed by atoms with Gasteiger partial charge in [0.05, 0.1) is 39.8 Å². The Labute approximate surface area is 192 Å². The van der Waals surface area contributed by atoms with Gasteiger partial charge in [0.2, 0.25) is 0 Å². The van der Waals surface area contributed by atoms with Gasteiger partial charge in [0, 0.05) is 13.1 Å². The topological polar surface area (TPSA) is 23.6 Å². The van der Waals surface area contributed by atoms with Crippen LogP contribution in [0.15, 0.2) is 0 Å². The molecule has 4 nitrogen and oxygen atoms in total. The molecule has 5 heteroatoms. The molecule has 0 bridgehead atoms. The molecule has 0 spiro atoms. The number of rotatable bonds is 15. The van der Waals surface area contributed by atoms with Crippen molar-refractivity contribution in [3.63, 3.8) is 0 Å². The molecule has 0 atom stereocenters. The van der Waals surface area contributed by atoms with E-state index in [1.165, 1.54) is 83.6 Å². The van der Waals surface area contributed by atoms with Gasteiger partial charge in [-0.2, -0.15) is 0 Å². The molecule has 29 heavy (non-hydrogen) atoms. The first kappa shape index (κ1) is 28.7. The molecule has 1 heterocycles. The Balaban J connectivity index is 0.00000784. The Kier molecular flexibility index (Phi) is 17.2. The highest BCUT2D eigenvalue weighted by Gasteiger charge is 2.31. The van der Waals surface area contributed by atoms with Gasteiger partial charge in [-0.1, -0.05) is 71.1 Å². The fraction of sp³-hybridized carbons (Fsp3) is 0.958. The average molecular weight is 477 g/mol. The molecule has 174 valence electrons. The monoisotopic (exact) mass is 475 g/mol. The number of carbonyl (C=O) groups is 1. The van der Waals surface area contributed by atoms with E-state index in [0.717, 1.165) is 43.8 Å². The minimum absolute atomic E-state index is 0. The van der Waals surface area contributed by atoms with Crippen LogP contribution in [-0.4, -0.2) is 73.2 Å². The number of hydrogen-bond donors (Lipinski definition) is 0. The predicted molar refractivity (Wildman–Crippen MR) is 122 cm³/mol. The van der Waals surface area contributed by atoms with Gasteiger partial charge in [0.25, 0.3) is 0 Å². The average Bonchev–Trinajstić information content (AvgIpc) is 2.70. The largest absolute Gasteiger partial charge is 1.00 e. The van der Waals surface area contributed by atoms with E-state index in [2.05, 4.69) is 32.7 Å². The maximum absolute atomic E-state index is 12.5. The van der Waals surface area contributed by atoms with E-state index in [0.29, 0.717) is 0 Å². The molecular formula is C24H50BrN3O. The number of amides is 2. The molecule has 1 saturated heterocycles. The summed E-state index contributed by atoms with van der Waals surface area (Å²) in [6.45, 7) is 13.4. The van der Waals surface area contributed by atoms with Crippen LogP contribution in [0.2, 0.25) is 0 Å². The van der Waals surface area contributed by atoms with Crippen LogP contribution in [0, 0.1) is 0 Å². The lowest BCUT2D eigenvalue weighted by atomic mass is 10.0. The van der Waals surface area contributed by atoms with Crippen LogP contribution < -0.4 is 17.0 Å². The van der Waals surface area contributed by atoms with Crippen molar-refractivity contribution in [1.29, 1.82) is 0 Å². The van der Waals surface area contributed by atoms with Gasteiger partial charge in [-0.15, -0.1) is 0 Å². The zero-order valence-electron chi connectivity index (χ0n) is 20.1. The summed E-state index contributed by atoms with van der Waals surface area (Å²) < 4.78 is 1.15. The van der Waals surface area contributed by atoms with Crippen LogP contribution in [0.1, 0.15) is 97.8 Å². The quantitative estimate of drug-likeness (QED) is 0.263. The van der Waals surface area contributed by atoms with Crippen molar-refractivity contribution in [2.45, 2.75) is 97.8 Å². The molecule has 1 aliphatic rings. The summed E-state index contributed by atoms with van der Waals surface area (Å²) in [5.74, 6) is 0. The van der Waals surface area contributed by atoms with Crippen molar-refractivity contribution < 1.29 is 26.3 Å². The zero-order chi connectivity index (χ0) is 20.7. The number of piperazine rings is 1. The normalized spacial score (nSPS) is 15.8. The third-order valence-electron chi connectivity index (χ3n) is 6.68. The highest BCUT2D eigenvalue weighted by atomic mass is 79.9. The number of unbranched alkanes of at least 4 members (excludes halogenated alkanes) is 11. The van der Waals surface area contributed by atoms with E-state index in [1.807, 2.05) is 4.90 Å². The summed E-state index contributed by atoms with van der Waals surface area (Å²) in [5.41, 5.74) is 0. The van der Waals surface area contributed by atoms with E-state index in [4.69, 9.17) is 0 Å². The number of halogens is 1. The summed E-state index contributed by atoms with van der Waals surface area (Å²) in [4.78, 5) is 16.5. The molecule has 1 rings (SSSR count). The molecule has 0 N–H and O–H groups in total. The maximum atomic E-state index is 12.5. The number of quaternary nitrogens is 1. The maximum Gasteiger partial charge on any atom is 0.320 e. The summed E-state index contributed by atoms with van der Waals surface area (Å²) in [6.07, 6.45) is 17.0. The van der Waals surface area contributed by atoms with Crippen LogP contribution in [0.4, 0.5) is 4.79 Å². The van der Waals surface area contributed by atoms with E-state index in [9.17, 15) is 4.79 Å². The number of urea groups is 1. The van der Waals surface area contributed by atoms with E-state index < -0.39 is 0 Å². The van der Waals surface area contributed by atoms with Gasteiger partial charge < -0.3 is 31.3 Å². The second-order valence-corrected chi connectivity index (χ2v) is 9.12. The lowest BCUT2D eigenvalue weighted by Crippen LogP contribution is -3.00. The summed E-state index contributed by atoms with van der Waals surface area (Å²) in [5, 5.41) is 0. The molecule has 0 radical (unpaired) electrons. The van der Waals surface area contributed by atoms with Crippen LogP contribution in [0.5, 0.6) is 0 Å². The molecule has 1 fully saturated rings. The minimum atomic E-state index is 0. The number of nitrogens with zero attached hydrogens (tertiary/aromatic N) is 3. The van der Waals surface area contributed by atoms with Crippen molar-refractivity contribution in [3.05, 3.63) is 0 Å². The van der Waals surface area contributed by atoms with E-state index >= 15 is 0 Å². The second-order valence-electron chi connectivity index (χ2n) is 9.12. The Morgan fingerprint density at radius 1 is 0.759 bits per heavy atom. The smallest absolute Gasteiger partial charge is 0.320 e. The van der Waals surface area contributed by atoms with E-state index in [-0.39, 0.29) is 23.0 Å². The first-order valence-corrected chi connectivity index (χ1v) is 12.4. The third-order valence-corrected chi connectivity index (χ3v) is 6.68. The van der Waals surface area contributed by atoms with Gasteiger partial charge in [0.15, 0.2) is 0 Å². The third kappa shape index (κ3) is 12.2. The van der Waals surface area contributed by atoms with Gasteiger partial charge >= 0.3 is 6.03 Å². The highest BCUT2D eigenvalue weighted by Crippen LogP contribution is 2.16. The van der Waals surface area contributed by atoms with Crippen LogP contribution in [0.3, 0.4) is 0 Å². The number of carbonyl (C=O) groups excluding carboxylic acids is 1. The Morgan fingerprint density at radius 3 is 1.59 bits per heavy atom. The number of hydrogen-bond acceptors (Lipinski definition) is 1. The lowest BCUT2D eigenvalue weighted by Gasteiger charge is -2.43. The summed E-state index contributed by atoms with van der Waals surface area (Å²) in [6, 6.07) is 0.238. The molecule has 0 aromatic heterocycles. The van der Waals surface area contributed by atoms with E-state index in [1.54, 1.807) is 0 Å². The number of likely N-dealkylation sites (N-methyl/N-ethyl adjacent to an activating group) is 1. The molecule has 0 aromatic rings. The minimum Gasteiger partial charge on any atom is -1.00 e. The Morgan fingerprint density at radius 2 is 1.17 bits per heavy atom. The molecule has 2 amide bonds. The highest BCUT2D eigenvalue weighted by molar-refractivity contribution is 5.74. The van der Waals surface area contributed by atoms with Crippen molar-refractivity contribution in [3.8, 4) is 0 Å². The van der Waals surface area contributed by atoms with Crippen molar-refractivity contribution in [2.75, 3.05) is 52.9 Å². The van der Waals surface area contributed by atoms with Gasteiger partial charge in [-0.25, -0.2) is 4.79 Å². The van der Waals surface area contributed by atoms with Gasteiger partial charge in [0.1, 0.15) is 0 Å². The molecule has 0 unspecified atom stereocenters. The molecule has 1 aliphatic heterocycles. The zero-order valence-corrected chi connectivity index (χ0v) is 21.6. The summed E-state index contributed by atoms with van der Waals surface area (Å²) in [7, 11) is 2.39. The first-order valence-electron chi connectivity index (χ1n) is 12.4. The van der Waals surface area contributed by atoms with Crippen LogP contribution in [-0.2, 0) is 0 Å². The fourth-order valence-corrected chi connectivity index (χ4v) is 4.39. The van der Waals surface area contributed by atoms with Gasteiger partial charge in [-0.05, 0) is 26.7 Å². The van der Waals surface area contributed by atoms with Crippen LogP contribution in [0.25, 0.3) is 0 Å². The van der Waals surface area contributed by atoms with Gasteiger partial charge in [-0.3, -0.25) is 0 Å². The summed E-state index contributed by atoms with van der Waals surface area (Å²) >= 11 is 0. The molecular weight excluding hydrogens is 426 g/mol. The fourth-order valence-electron chi connectivity index (χ4n) is 4.39. The Bertz CT molecular complexity index is 394. The second kappa shape index (κ2) is 17.4. The SMILES string of the molecule is CCCCCCCCCCCCCC[N+]1(C)CCN(C(=O)N(CC)CC)CC1.[Br-]. The standard InChI is InChI=1S/C24H50N3O.BrH/c1-5-8-9-10-11-12-13-14-15-16-17-18-21-27(4)22-19-26(20-23-27)24(28)25(6-2)7-3;/h5-23H2,1-4H3;1H/q+1;/p-1. The molecule has 0 aromatic carbocycles. The van der Waals surface area contributed by atoms with Crippen molar-refractivity contribution in [2.24, 2.45) is 0 Å². The van der Waals surface area contributed by atoms with Crippen LogP contribution >= 0.6 is 0 Å². The lowest BCUT2D eigenvalue weighted by molar-refractivity contribution is -0.913. The van der Waals surface area contributed by atoms with Crippen molar-refractivity contribution >= 4 is 6.03 Å².